The zero-order chi connectivity index (χ0) is 22.7. The first-order valence-electron chi connectivity index (χ1n) is 10.4. The molecule has 1 aliphatic heterocycles. The number of halogens is 3. The van der Waals surface area contributed by atoms with Gasteiger partial charge >= 0.3 is 0 Å². The van der Waals surface area contributed by atoms with E-state index in [1.165, 1.54) is 4.68 Å². The van der Waals surface area contributed by atoms with Gasteiger partial charge in [0.25, 0.3) is 0 Å². The molecular formula is C22H23ClF2N6O. The van der Waals surface area contributed by atoms with Crippen LogP contribution in [0.2, 0.25) is 5.02 Å². The molecule has 168 valence electrons. The van der Waals surface area contributed by atoms with Gasteiger partial charge in [-0.15, -0.1) is 5.10 Å². The first kappa shape index (κ1) is 22.3. The van der Waals surface area contributed by atoms with Crippen molar-refractivity contribution in [2.45, 2.75) is 19.4 Å². The number of anilines is 1. The summed E-state index contributed by atoms with van der Waals surface area (Å²) in [6.45, 7) is 5.76. The third-order valence-corrected chi connectivity index (χ3v) is 6.04. The second kappa shape index (κ2) is 9.70. The van der Waals surface area contributed by atoms with Gasteiger partial charge in [0.05, 0.1) is 16.3 Å². The SMILES string of the molecule is CC(C(=O)c1ccc(F)cc1F)n1nnnc1CCN1CCN(c2ccccc2Cl)CC1. The first-order valence-corrected chi connectivity index (χ1v) is 10.8. The van der Waals surface area contributed by atoms with Crippen LogP contribution < -0.4 is 4.90 Å². The minimum Gasteiger partial charge on any atom is -0.368 e. The lowest BCUT2D eigenvalue weighted by Gasteiger charge is -2.36. The fourth-order valence-electron chi connectivity index (χ4n) is 3.88. The van der Waals surface area contributed by atoms with Crippen LogP contribution in [0.1, 0.15) is 29.1 Å². The number of hydrogen-bond acceptors (Lipinski definition) is 6. The van der Waals surface area contributed by atoms with E-state index in [1.54, 1.807) is 6.92 Å². The maximum Gasteiger partial charge on any atom is 0.190 e. The molecule has 0 saturated carbocycles. The lowest BCUT2D eigenvalue weighted by atomic mass is 10.0. The zero-order valence-electron chi connectivity index (χ0n) is 17.6. The van der Waals surface area contributed by atoms with E-state index in [0.717, 1.165) is 55.6 Å². The molecule has 32 heavy (non-hydrogen) atoms. The van der Waals surface area contributed by atoms with Gasteiger partial charge in [0, 0.05) is 45.2 Å². The topological polar surface area (TPSA) is 67.2 Å². The van der Waals surface area contributed by atoms with Gasteiger partial charge < -0.3 is 4.90 Å². The van der Waals surface area contributed by atoms with Gasteiger partial charge in [0.15, 0.2) is 11.6 Å². The van der Waals surface area contributed by atoms with Crippen molar-refractivity contribution in [1.29, 1.82) is 0 Å². The third-order valence-electron chi connectivity index (χ3n) is 5.72. The molecule has 4 rings (SSSR count). The Morgan fingerprint density at radius 2 is 1.88 bits per heavy atom. The number of aromatic nitrogens is 4. The van der Waals surface area contributed by atoms with Crippen LogP contribution in [-0.2, 0) is 6.42 Å². The predicted molar refractivity (Wildman–Crippen MR) is 117 cm³/mol. The van der Waals surface area contributed by atoms with Crippen LogP contribution in [0.25, 0.3) is 0 Å². The molecule has 1 aromatic heterocycles. The summed E-state index contributed by atoms with van der Waals surface area (Å²) in [4.78, 5) is 17.3. The van der Waals surface area contributed by atoms with E-state index in [1.807, 2.05) is 24.3 Å². The van der Waals surface area contributed by atoms with Crippen molar-refractivity contribution >= 4 is 23.1 Å². The van der Waals surface area contributed by atoms with Crippen molar-refractivity contribution in [1.82, 2.24) is 25.1 Å². The fraction of sp³-hybridized carbons (Fsp3) is 0.364. The van der Waals surface area contributed by atoms with Crippen molar-refractivity contribution in [3.8, 4) is 0 Å². The molecule has 0 amide bonds. The molecule has 1 unspecified atom stereocenters. The standard InChI is InChI=1S/C22H23ClF2N6O/c1-15(22(32)17-7-6-16(24)14-19(17)25)31-21(26-27-28-31)8-9-29-10-12-30(13-11-29)20-5-3-2-4-18(20)23/h2-7,14-15H,8-13H2,1H3. The molecule has 0 aliphatic carbocycles. The number of carbonyl (C=O) groups excluding carboxylic acids is 1. The Morgan fingerprint density at radius 1 is 1.12 bits per heavy atom. The van der Waals surface area contributed by atoms with Gasteiger partial charge in [-0.05, 0) is 41.6 Å². The zero-order valence-corrected chi connectivity index (χ0v) is 18.3. The number of nitrogens with zero attached hydrogens (tertiary/aromatic N) is 6. The maximum absolute atomic E-state index is 14.0. The monoisotopic (exact) mass is 460 g/mol. The molecular weight excluding hydrogens is 438 g/mol. The molecule has 1 saturated heterocycles. The van der Waals surface area contributed by atoms with E-state index in [0.29, 0.717) is 18.3 Å². The second-order valence-electron chi connectivity index (χ2n) is 7.73. The summed E-state index contributed by atoms with van der Waals surface area (Å²) in [5, 5.41) is 12.4. The van der Waals surface area contributed by atoms with Crippen molar-refractivity contribution in [2.75, 3.05) is 37.6 Å². The van der Waals surface area contributed by atoms with E-state index in [-0.39, 0.29) is 5.56 Å². The summed E-state index contributed by atoms with van der Waals surface area (Å²) in [5.41, 5.74) is 0.856. The van der Waals surface area contributed by atoms with Gasteiger partial charge in [-0.3, -0.25) is 9.69 Å². The Kier molecular flexibility index (Phi) is 6.76. The van der Waals surface area contributed by atoms with Crippen LogP contribution >= 0.6 is 11.6 Å². The lowest BCUT2D eigenvalue weighted by Crippen LogP contribution is -2.47. The summed E-state index contributed by atoms with van der Waals surface area (Å²) in [5.74, 6) is -1.59. The molecule has 0 N–H and O–H groups in total. The Labute approximate surface area is 189 Å². The number of piperazine rings is 1. The smallest absolute Gasteiger partial charge is 0.190 e. The molecule has 7 nitrogen and oxygen atoms in total. The van der Waals surface area contributed by atoms with Gasteiger partial charge in [-0.25, -0.2) is 13.5 Å². The van der Waals surface area contributed by atoms with Crippen LogP contribution in [0.15, 0.2) is 42.5 Å². The second-order valence-corrected chi connectivity index (χ2v) is 8.14. The highest BCUT2D eigenvalue weighted by atomic mass is 35.5. The molecule has 10 heteroatoms. The molecule has 2 aromatic carbocycles. The summed E-state index contributed by atoms with van der Waals surface area (Å²) >= 11 is 6.31. The van der Waals surface area contributed by atoms with Crippen molar-refractivity contribution < 1.29 is 13.6 Å². The quantitative estimate of drug-likeness (QED) is 0.503. The highest BCUT2D eigenvalue weighted by Gasteiger charge is 2.25. The number of carbonyl (C=O) groups is 1. The van der Waals surface area contributed by atoms with E-state index in [4.69, 9.17) is 11.6 Å². The van der Waals surface area contributed by atoms with Crippen LogP contribution in [0.4, 0.5) is 14.5 Å². The number of hydrogen-bond donors (Lipinski definition) is 0. The molecule has 0 bridgehead atoms. The lowest BCUT2D eigenvalue weighted by molar-refractivity contribution is 0.0920. The van der Waals surface area contributed by atoms with Crippen molar-refractivity contribution in [2.24, 2.45) is 0 Å². The van der Waals surface area contributed by atoms with E-state index < -0.39 is 23.5 Å². The molecule has 1 fully saturated rings. The Balaban J connectivity index is 1.35. The predicted octanol–water partition coefficient (Wildman–Crippen LogP) is 3.41. The Hall–Kier alpha value is -2.91. The average molecular weight is 461 g/mol. The van der Waals surface area contributed by atoms with Crippen molar-refractivity contribution in [3.63, 3.8) is 0 Å². The summed E-state index contributed by atoms with van der Waals surface area (Å²) in [6, 6.07) is 9.91. The van der Waals surface area contributed by atoms with E-state index in [9.17, 15) is 13.6 Å². The minimum absolute atomic E-state index is 0.184. The molecule has 0 spiro atoms. The molecule has 1 atom stereocenters. The van der Waals surface area contributed by atoms with Crippen LogP contribution in [0.5, 0.6) is 0 Å². The van der Waals surface area contributed by atoms with E-state index >= 15 is 0 Å². The van der Waals surface area contributed by atoms with Gasteiger partial charge in [0.1, 0.15) is 17.7 Å². The maximum atomic E-state index is 14.0. The Morgan fingerprint density at radius 3 is 2.59 bits per heavy atom. The Bertz CT molecular complexity index is 1100. The fourth-order valence-corrected chi connectivity index (χ4v) is 4.14. The first-order chi connectivity index (χ1) is 15.4. The summed E-state index contributed by atoms with van der Waals surface area (Å²) in [7, 11) is 0. The summed E-state index contributed by atoms with van der Waals surface area (Å²) in [6.07, 6.45) is 0.544. The van der Waals surface area contributed by atoms with Crippen LogP contribution in [0, 0.1) is 11.6 Å². The number of benzene rings is 2. The van der Waals surface area contributed by atoms with Crippen LogP contribution in [-0.4, -0.2) is 63.6 Å². The largest absolute Gasteiger partial charge is 0.368 e. The average Bonchev–Trinajstić information content (AvgIpc) is 3.26. The highest BCUT2D eigenvalue weighted by Crippen LogP contribution is 2.26. The van der Waals surface area contributed by atoms with Crippen LogP contribution in [0.3, 0.4) is 0 Å². The van der Waals surface area contributed by atoms with Gasteiger partial charge in [0.2, 0.25) is 0 Å². The van der Waals surface area contributed by atoms with Crippen molar-refractivity contribution in [3.05, 3.63) is 70.5 Å². The third kappa shape index (κ3) is 4.78. The minimum atomic E-state index is -0.895. The normalized spacial score (nSPS) is 15.7. The summed E-state index contributed by atoms with van der Waals surface area (Å²) < 4.78 is 28.6. The molecule has 1 aliphatic rings. The van der Waals surface area contributed by atoms with Gasteiger partial charge in [-0.2, -0.15) is 0 Å². The molecule has 0 radical (unpaired) electrons. The van der Waals surface area contributed by atoms with Gasteiger partial charge in [-0.1, -0.05) is 23.7 Å². The number of para-hydroxylation sites is 1. The number of rotatable bonds is 7. The molecule has 2 heterocycles. The number of tetrazole rings is 1. The molecule has 3 aromatic rings. The number of ketones is 1. The number of Topliss-reactive ketones (excluding diaryl/α,β-unsaturated/α-hetero) is 1. The highest BCUT2D eigenvalue weighted by molar-refractivity contribution is 6.33. The van der Waals surface area contributed by atoms with E-state index in [2.05, 4.69) is 25.3 Å².